The predicted molar refractivity (Wildman–Crippen MR) is 92.7 cm³/mol. The minimum Gasteiger partial charge on any atom is -0.367 e. The van der Waals surface area contributed by atoms with Crippen LogP contribution in [0.3, 0.4) is 0 Å². The van der Waals surface area contributed by atoms with E-state index < -0.39 is 11.7 Å². The number of halogens is 1. The van der Waals surface area contributed by atoms with Crippen LogP contribution in [0.4, 0.5) is 16.0 Å². The van der Waals surface area contributed by atoms with Gasteiger partial charge in [0.2, 0.25) is 0 Å². The standard InChI is InChI=1S/C18H21FN4O/c1-23-11-9-13(10-12-23)20-16-7-4-8-17(21-16)22-18(24)14-5-2-3-6-15(14)19/h2-8,13H,9-12H2,1H3,(H2,20,21,22,24). The third-order valence-corrected chi connectivity index (χ3v) is 4.18. The molecule has 3 rings (SSSR count). The second-order valence-corrected chi connectivity index (χ2v) is 6.06. The zero-order valence-corrected chi connectivity index (χ0v) is 13.6. The first-order chi connectivity index (χ1) is 11.6. The lowest BCUT2D eigenvalue weighted by Gasteiger charge is -2.29. The molecule has 2 N–H and O–H groups in total. The molecule has 0 unspecified atom stereocenters. The molecule has 1 aromatic carbocycles. The lowest BCUT2D eigenvalue weighted by molar-refractivity contribution is 0.102. The van der Waals surface area contributed by atoms with Gasteiger partial charge in [-0.1, -0.05) is 18.2 Å². The van der Waals surface area contributed by atoms with Crippen LogP contribution in [0.2, 0.25) is 0 Å². The molecular formula is C18H21FN4O. The van der Waals surface area contributed by atoms with E-state index in [1.807, 2.05) is 12.1 Å². The van der Waals surface area contributed by atoms with Crippen molar-refractivity contribution in [1.82, 2.24) is 9.88 Å². The number of rotatable bonds is 4. The minimum atomic E-state index is -0.546. The van der Waals surface area contributed by atoms with Gasteiger partial charge >= 0.3 is 0 Å². The molecule has 2 aromatic rings. The Morgan fingerprint density at radius 2 is 1.83 bits per heavy atom. The van der Waals surface area contributed by atoms with E-state index in [4.69, 9.17) is 0 Å². The summed E-state index contributed by atoms with van der Waals surface area (Å²) in [5, 5.41) is 6.05. The number of nitrogens with one attached hydrogen (secondary N) is 2. The van der Waals surface area contributed by atoms with Crippen molar-refractivity contribution in [3.05, 3.63) is 53.8 Å². The average Bonchev–Trinajstić information content (AvgIpc) is 2.58. The van der Waals surface area contributed by atoms with Gasteiger partial charge in [-0.15, -0.1) is 0 Å². The van der Waals surface area contributed by atoms with Gasteiger partial charge in [0, 0.05) is 6.04 Å². The van der Waals surface area contributed by atoms with Gasteiger partial charge in [0.1, 0.15) is 17.5 Å². The largest absolute Gasteiger partial charge is 0.367 e. The van der Waals surface area contributed by atoms with Gasteiger partial charge in [0.15, 0.2) is 0 Å². The van der Waals surface area contributed by atoms with Crippen LogP contribution < -0.4 is 10.6 Å². The normalized spacial score (nSPS) is 15.9. The molecule has 0 radical (unpaired) electrons. The van der Waals surface area contributed by atoms with E-state index in [0.29, 0.717) is 11.9 Å². The highest BCUT2D eigenvalue weighted by molar-refractivity contribution is 6.04. The lowest BCUT2D eigenvalue weighted by atomic mass is 10.1. The van der Waals surface area contributed by atoms with Gasteiger partial charge in [0.05, 0.1) is 5.56 Å². The fourth-order valence-corrected chi connectivity index (χ4v) is 2.78. The topological polar surface area (TPSA) is 57.3 Å². The molecule has 1 fully saturated rings. The van der Waals surface area contributed by atoms with E-state index in [9.17, 15) is 9.18 Å². The highest BCUT2D eigenvalue weighted by atomic mass is 19.1. The maximum atomic E-state index is 13.7. The molecule has 1 aliphatic rings. The van der Waals surface area contributed by atoms with Crippen LogP contribution in [-0.2, 0) is 0 Å². The molecule has 0 atom stereocenters. The monoisotopic (exact) mass is 328 g/mol. The van der Waals surface area contributed by atoms with Gasteiger partial charge in [0.25, 0.3) is 5.91 Å². The van der Waals surface area contributed by atoms with Crippen LogP contribution in [0.5, 0.6) is 0 Å². The summed E-state index contributed by atoms with van der Waals surface area (Å²) in [6.45, 7) is 2.11. The molecule has 1 aromatic heterocycles. The van der Waals surface area contributed by atoms with Crippen LogP contribution in [0.15, 0.2) is 42.5 Å². The van der Waals surface area contributed by atoms with Gasteiger partial charge in [-0.25, -0.2) is 9.37 Å². The Kier molecular flexibility index (Phi) is 5.05. The second-order valence-electron chi connectivity index (χ2n) is 6.06. The molecule has 1 saturated heterocycles. The van der Waals surface area contributed by atoms with E-state index >= 15 is 0 Å². The van der Waals surface area contributed by atoms with E-state index in [1.54, 1.807) is 18.2 Å². The van der Waals surface area contributed by atoms with Crippen molar-refractivity contribution in [2.24, 2.45) is 0 Å². The van der Waals surface area contributed by atoms with Crippen LogP contribution >= 0.6 is 0 Å². The molecule has 6 heteroatoms. The van der Waals surface area contributed by atoms with Crippen molar-refractivity contribution in [2.45, 2.75) is 18.9 Å². The first-order valence-corrected chi connectivity index (χ1v) is 8.10. The predicted octanol–water partition coefficient (Wildman–Crippen LogP) is 2.98. The molecule has 1 aliphatic heterocycles. The third kappa shape index (κ3) is 4.08. The van der Waals surface area contributed by atoms with Gasteiger partial charge in [-0.3, -0.25) is 4.79 Å². The van der Waals surface area contributed by atoms with Gasteiger partial charge in [-0.2, -0.15) is 0 Å². The quantitative estimate of drug-likeness (QED) is 0.906. The molecule has 24 heavy (non-hydrogen) atoms. The van der Waals surface area contributed by atoms with E-state index in [-0.39, 0.29) is 5.56 Å². The number of nitrogens with zero attached hydrogens (tertiary/aromatic N) is 2. The summed E-state index contributed by atoms with van der Waals surface area (Å²) in [5.41, 5.74) is 0.00739. The molecule has 2 heterocycles. The Labute approximate surface area is 140 Å². The molecule has 0 saturated carbocycles. The lowest BCUT2D eigenvalue weighted by Crippen LogP contribution is -2.36. The van der Waals surface area contributed by atoms with Crippen molar-refractivity contribution in [3.63, 3.8) is 0 Å². The summed E-state index contributed by atoms with van der Waals surface area (Å²) < 4.78 is 13.7. The highest BCUT2D eigenvalue weighted by Crippen LogP contribution is 2.17. The first-order valence-electron chi connectivity index (χ1n) is 8.10. The molecule has 0 spiro atoms. The van der Waals surface area contributed by atoms with E-state index in [2.05, 4.69) is 27.6 Å². The summed E-state index contributed by atoms with van der Waals surface area (Å²) in [6, 6.07) is 11.7. The number of hydrogen-bond donors (Lipinski definition) is 2. The smallest absolute Gasteiger partial charge is 0.259 e. The highest BCUT2D eigenvalue weighted by Gasteiger charge is 2.17. The average molecular weight is 328 g/mol. The second kappa shape index (κ2) is 7.40. The first kappa shape index (κ1) is 16.4. The SMILES string of the molecule is CN1CCC(Nc2cccc(NC(=O)c3ccccc3F)n2)CC1. The summed E-state index contributed by atoms with van der Waals surface area (Å²) in [7, 11) is 2.12. The summed E-state index contributed by atoms with van der Waals surface area (Å²) in [6.07, 6.45) is 2.12. The Balaban J connectivity index is 1.65. The van der Waals surface area contributed by atoms with Crippen molar-refractivity contribution >= 4 is 17.5 Å². The van der Waals surface area contributed by atoms with E-state index in [1.165, 1.54) is 12.1 Å². The minimum absolute atomic E-state index is 0.00739. The number of benzene rings is 1. The number of aromatic nitrogens is 1. The van der Waals surface area contributed by atoms with Crippen molar-refractivity contribution in [3.8, 4) is 0 Å². The van der Waals surface area contributed by atoms with Gasteiger partial charge in [-0.05, 0) is 57.2 Å². The Hall–Kier alpha value is -2.47. The number of piperidine rings is 1. The number of hydrogen-bond acceptors (Lipinski definition) is 4. The molecule has 0 aliphatic carbocycles. The number of likely N-dealkylation sites (tertiary alicyclic amines) is 1. The maximum Gasteiger partial charge on any atom is 0.259 e. The fourth-order valence-electron chi connectivity index (χ4n) is 2.78. The molecule has 5 nitrogen and oxygen atoms in total. The summed E-state index contributed by atoms with van der Waals surface area (Å²) in [5.74, 6) is 0.0738. The summed E-state index contributed by atoms with van der Waals surface area (Å²) in [4.78, 5) is 18.9. The van der Waals surface area contributed by atoms with Crippen molar-refractivity contribution in [1.29, 1.82) is 0 Å². The number of pyridine rings is 1. The Morgan fingerprint density at radius 1 is 1.12 bits per heavy atom. The van der Waals surface area contributed by atoms with Crippen molar-refractivity contribution < 1.29 is 9.18 Å². The Morgan fingerprint density at radius 3 is 2.58 bits per heavy atom. The van der Waals surface area contributed by atoms with E-state index in [0.717, 1.165) is 31.7 Å². The van der Waals surface area contributed by atoms with Crippen LogP contribution in [0.1, 0.15) is 23.2 Å². The van der Waals surface area contributed by atoms with Crippen LogP contribution in [0, 0.1) is 5.82 Å². The molecule has 0 bridgehead atoms. The number of amides is 1. The molecule has 1 amide bonds. The number of carbonyl (C=O) groups is 1. The fraction of sp³-hybridized carbons (Fsp3) is 0.333. The van der Waals surface area contributed by atoms with Crippen LogP contribution in [0.25, 0.3) is 0 Å². The van der Waals surface area contributed by atoms with Crippen molar-refractivity contribution in [2.75, 3.05) is 30.8 Å². The van der Waals surface area contributed by atoms with Gasteiger partial charge < -0.3 is 15.5 Å². The van der Waals surface area contributed by atoms with Crippen LogP contribution in [-0.4, -0.2) is 42.0 Å². The molecule has 126 valence electrons. The zero-order chi connectivity index (χ0) is 16.9. The Bertz CT molecular complexity index is 714. The third-order valence-electron chi connectivity index (χ3n) is 4.18. The number of carbonyl (C=O) groups excluding carboxylic acids is 1. The maximum absolute atomic E-state index is 13.7. The summed E-state index contributed by atoms with van der Waals surface area (Å²) >= 11 is 0. The zero-order valence-electron chi connectivity index (χ0n) is 13.6. The molecular weight excluding hydrogens is 307 g/mol. The number of anilines is 2.